The highest BCUT2D eigenvalue weighted by Gasteiger charge is 2.19. The Morgan fingerprint density at radius 1 is 1.37 bits per heavy atom. The molecule has 1 aromatic carbocycles. The van der Waals surface area contributed by atoms with E-state index in [1.54, 1.807) is 12.1 Å². The Hall–Kier alpha value is -0.250. The van der Waals surface area contributed by atoms with Crippen molar-refractivity contribution in [2.45, 2.75) is 44.9 Å². The van der Waals surface area contributed by atoms with Gasteiger partial charge in [-0.3, -0.25) is 0 Å². The van der Waals surface area contributed by atoms with Crippen molar-refractivity contribution < 1.29 is 4.39 Å². The lowest BCUT2D eigenvalue weighted by Crippen LogP contribution is -2.26. The minimum absolute atomic E-state index is 0.0291. The van der Waals surface area contributed by atoms with E-state index in [4.69, 9.17) is 11.6 Å². The monoisotopic (exact) mass is 303 g/mol. The maximum atomic E-state index is 14.0. The molecular weight excluding hydrogens is 281 g/mol. The predicted molar refractivity (Wildman–Crippen MR) is 84.7 cm³/mol. The van der Waals surface area contributed by atoms with E-state index in [1.807, 2.05) is 11.8 Å². The van der Waals surface area contributed by atoms with Crippen LogP contribution in [0.3, 0.4) is 0 Å². The third-order valence-electron chi connectivity index (χ3n) is 2.66. The molecule has 0 aliphatic carbocycles. The summed E-state index contributed by atoms with van der Waals surface area (Å²) in [5, 5.41) is 3.86. The Labute approximate surface area is 125 Å². The summed E-state index contributed by atoms with van der Waals surface area (Å²) in [7, 11) is 0. The summed E-state index contributed by atoms with van der Waals surface area (Å²) in [5.74, 6) is 0.623. The van der Waals surface area contributed by atoms with E-state index in [9.17, 15) is 4.39 Å². The topological polar surface area (TPSA) is 12.0 Å². The van der Waals surface area contributed by atoms with Gasteiger partial charge in [0, 0.05) is 27.1 Å². The van der Waals surface area contributed by atoms with E-state index in [0.717, 1.165) is 18.7 Å². The summed E-state index contributed by atoms with van der Waals surface area (Å²) in [6.45, 7) is 9.52. The Bertz CT molecular complexity index is 404. The van der Waals surface area contributed by atoms with Gasteiger partial charge < -0.3 is 5.32 Å². The number of nitrogens with one attached hydrogen (secondary N) is 1. The van der Waals surface area contributed by atoms with Crippen molar-refractivity contribution in [1.82, 2.24) is 5.32 Å². The molecule has 0 radical (unpaired) electrons. The van der Waals surface area contributed by atoms with Gasteiger partial charge in [-0.2, -0.15) is 11.8 Å². The van der Waals surface area contributed by atoms with Crippen LogP contribution in [0.15, 0.2) is 18.2 Å². The number of benzene rings is 1. The second kappa shape index (κ2) is 7.51. The summed E-state index contributed by atoms with van der Waals surface area (Å²) in [5.41, 5.74) is 0.703. The van der Waals surface area contributed by atoms with Crippen LogP contribution in [0, 0.1) is 5.82 Å². The maximum Gasteiger partial charge on any atom is 0.129 e. The average Bonchev–Trinajstić information content (AvgIpc) is 2.29. The highest BCUT2D eigenvalue weighted by atomic mass is 35.5. The summed E-state index contributed by atoms with van der Waals surface area (Å²) in [4.78, 5) is 0. The van der Waals surface area contributed by atoms with Gasteiger partial charge in [0.25, 0.3) is 0 Å². The molecule has 1 unspecified atom stereocenters. The average molecular weight is 304 g/mol. The van der Waals surface area contributed by atoms with Gasteiger partial charge >= 0.3 is 0 Å². The third-order valence-corrected chi connectivity index (χ3v) is 4.26. The van der Waals surface area contributed by atoms with Gasteiger partial charge in [-0.15, -0.1) is 0 Å². The first kappa shape index (κ1) is 16.8. The van der Waals surface area contributed by atoms with E-state index in [-0.39, 0.29) is 16.6 Å². The van der Waals surface area contributed by atoms with Gasteiger partial charge in [-0.1, -0.05) is 45.4 Å². The molecule has 1 atom stereocenters. The van der Waals surface area contributed by atoms with Gasteiger partial charge in [-0.05, 0) is 25.1 Å². The predicted octanol–water partition coefficient (Wildman–Crippen LogP) is 5.05. The molecule has 4 heteroatoms. The highest BCUT2D eigenvalue weighted by Crippen LogP contribution is 2.30. The number of hydrogen-bond donors (Lipinski definition) is 1. The van der Waals surface area contributed by atoms with Crippen molar-refractivity contribution in [3.63, 3.8) is 0 Å². The van der Waals surface area contributed by atoms with Crippen LogP contribution in [0.5, 0.6) is 0 Å². The third kappa shape index (κ3) is 6.15. The maximum absolute atomic E-state index is 14.0. The first-order chi connectivity index (χ1) is 8.83. The molecule has 1 nitrogen and oxygen atoms in total. The van der Waals surface area contributed by atoms with Gasteiger partial charge in [0.05, 0.1) is 0 Å². The number of halogens is 2. The number of hydrogen-bond acceptors (Lipinski definition) is 2. The summed E-state index contributed by atoms with van der Waals surface area (Å²) >= 11 is 7.65. The van der Waals surface area contributed by atoms with Crippen molar-refractivity contribution in [1.29, 1.82) is 0 Å². The van der Waals surface area contributed by atoms with E-state index >= 15 is 0 Å². The molecular formula is C15H23ClFNS. The first-order valence-corrected chi connectivity index (χ1v) is 8.02. The summed E-state index contributed by atoms with van der Waals surface area (Å²) < 4.78 is 14.2. The van der Waals surface area contributed by atoms with Crippen molar-refractivity contribution in [2.24, 2.45) is 0 Å². The van der Waals surface area contributed by atoms with Crippen LogP contribution in [0.4, 0.5) is 4.39 Å². The second-order valence-electron chi connectivity index (χ2n) is 5.60. The summed E-state index contributed by atoms with van der Waals surface area (Å²) in [6, 6.07) is 4.96. The Kier molecular flexibility index (Phi) is 6.64. The van der Waals surface area contributed by atoms with Crippen molar-refractivity contribution >= 4 is 23.4 Å². The largest absolute Gasteiger partial charge is 0.309 e. The van der Waals surface area contributed by atoms with Crippen LogP contribution >= 0.6 is 23.4 Å². The van der Waals surface area contributed by atoms with Crippen molar-refractivity contribution in [3.05, 3.63) is 34.6 Å². The van der Waals surface area contributed by atoms with Crippen molar-refractivity contribution in [3.8, 4) is 0 Å². The molecule has 1 N–H and O–H groups in total. The standard InChI is InChI=1S/C15H23ClFNS/c1-5-8-18-14(10-19-15(2,3)4)12-7-6-11(16)9-13(12)17/h6-7,9,14,18H,5,8,10H2,1-4H3. The van der Waals surface area contributed by atoms with Crippen LogP contribution in [0.1, 0.15) is 45.7 Å². The lowest BCUT2D eigenvalue weighted by atomic mass is 10.1. The van der Waals surface area contributed by atoms with Gasteiger partial charge in [0.15, 0.2) is 0 Å². The Morgan fingerprint density at radius 3 is 2.58 bits per heavy atom. The number of thioether (sulfide) groups is 1. The van der Waals surface area contributed by atoms with E-state index in [0.29, 0.717) is 10.6 Å². The van der Waals surface area contributed by atoms with E-state index < -0.39 is 0 Å². The lowest BCUT2D eigenvalue weighted by molar-refractivity contribution is 0.531. The zero-order valence-corrected chi connectivity index (χ0v) is 13.7. The zero-order chi connectivity index (χ0) is 14.5. The lowest BCUT2D eigenvalue weighted by Gasteiger charge is -2.24. The van der Waals surface area contributed by atoms with E-state index in [2.05, 4.69) is 33.0 Å². The van der Waals surface area contributed by atoms with Gasteiger partial charge in [-0.25, -0.2) is 4.39 Å². The zero-order valence-electron chi connectivity index (χ0n) is 12.1. The normalized spacial score (nSPS) is 13.6. The first-order valence-electron chi connectivity index (χ1n) is 6.66. The van der Waals surface area contributed by atoms with E-state index in [1.165, 1.54) is 6.07 Å². The molecule has 1 rings (SSSR count). The van der Waals surface area contributed by atoms with Crippen molar-refractivity contribution in [2.75, 3.05) is 12.3 Å². The molecule has 0 saturated heterocycles. The fourth-order valence-corrected chi connectivity index (χ4v) is 2.82. The molecule has 0 aliphatic rings. The minimum Gasteiger partial charge on any atom is -0.309 e. The molecule has 0 saturated carbocycles. The SMILES string of the molecule is CCCNC(CSC(C)(C)C)c1ccc(Cl)cc1F. The highest BCUT2D eigenvalue weighted by molar-refractivity contribution is 8.00. The molecule has 0 aromatic heterocycles. The molecule has 19 heavy (non-hydrogen) atoms. The molecule has 0 heterocycles. The quantitative estimate of drug-likeness (QED) is 0.789. The molecule has 0 fully saturated rings. The van der Waals surface area contributed by atoms with Crippen LogP contribution in [0.25, 0.3) is 0 Å². The fourth-order valence-electron chi connectivity index (χ4n) is 1.69. The minimum atomic E-state index is -0.226. The molecule has 1 aromatic rings. The second-order valence-corrected chi connectivity index (χ2v) is 7.88. The molecule has 0 bridgehead atoms. The smallest absolute Gasteiger partial charge is 0.129 e. The van der Waals surface area contributed by atoms with Crippen LogP contribution in [-0.2, 0) is 0 Å². The van der Waals surface area contributed by atoms with Crippen LogP contribution in [0.2, 0.25) is 5.02 Å². The molecule has 108 valence electrons. The van der Waals surface area contributed by atoms with Crippen LogP contribution < -0.4 is 5.32 Å². The van der Waals surface area contributed by atoms with Gasteiger partial charge in [0.2, 0.25) is 0 Å². The molecule has 0 aliphatic heterocycles. The fraction of sp³-hybridized carbons (Fsp3) is 0.600. The Balaban J connectivity index is 2.83. The van der Waals surface area contributed by atoms with Gasteiger partial charge in [0.1, 0.15) is 5.82 Å². The number of rotatable bonds is 6. The summed E-state index contributed by atoms with van der Waals surface area (Å²) in [6.07, 6.45) is 1.03. The molecule has 0 spiro atoms. The van der Waals surface area contributed by atoms with Crippen LogP contribution in [-0.4, -0.2) is 17.0 Å². The molecule has 0 amide bonds. The Morgan fingerprint density at radius 2 is 2.05 bits per heavy atom.